The molecular weight excluding hydrogens is 522 g/mol. The molecule has 0 radical (unpaired) electrons. The Balaban J connectivity index is 1.49. The Morgan fingerprint density at radius 1 is 0.925 bits per heavy atom. The van der Waals surface area contributed by atoms with Crippen molar-refractivity contribution < 1.29 is 14.4 Å². The first-order chi connectivity index (χ1) is 19.5. The predicted octanol–water partition coefficient (Wildman–Crippen LogP) is 6.01. The number of halogens is 1. The number of hydrogen-bond acceptors (Lipinski definition) is 3. The number of amides is 3. The maximum Gasteiger partial charge on any atom is 0.259 e. The highest BCUT2D eigenvalue weighted by Gasteiger charge is 2.35. The zero-order valence-corrected chi connectivity index (χ0v) is 23.2. The minimum absolute atomic E-state index is 0.178. The van der Waals surface area contributed by atoms with Gasteiger partial charge in [0.05, 0.1) is 5.69 Å². The first-order valence-electron chi connectivity index (χ1n) is 13.7. The van der Waals surface area contributed by atoms with Gasteiger partial charge < -0.3 is 10.2 Å². The van der Waals surface area contributed by atoms with Crippen LogP contribution >= 0.6 is 11.6 Å². The Labute approximate surface area is 239 Å². The number of carbonyl (C=O) groups excluding carboxylic acids is 3. The second-order valence-electron chi connectivity index (χ2n) is 10.1. The lowest BCUT2D eigenvalue weighted by molar-refractivity contribution is -0.140. The van der Waals surface area contributed by atoms with Gasteiger partial charge in [-0.05, 0) is 47.2 Å². The highest BCUT2D eigenvalue weighted by Crippen LogP contribution is 2.37. The minimum atomic E-state index is -0.776. The Morgan fingerprint density at radius 3 is 2.40 bits per heavy atom. The first kappa shape index (κ1) is 27.4. The number of anilines is 1. The van der Waals surface area contributed by atoms with Gasteiger partial charge in [0.1, 0.15) is 12.6 Å². The maximum atomic E-state index is 14.2. The van der Waals surface area contributed by atoms with Crippen molar-refractivity contribution >= 4 is 45.8 Å². The summed E-state index contributed by atoms with van der Waals surface area (Å²) in [6.07, 6.45) is 2.13. The molecular formula is C33H32ClN3O3. The van der Waals surface area contributed by atoms with E-state index in [0.717, 1.165) is 34.7 Å². The van der Waals surface area contributed by atoms with Crippen LogP contribution in [0.5, 0.6) is 0 Å². The molecule has 3 amide bonds. The summed E-state index contributed by atoms with van der Waals surface area (Å²) in [5.41, 5.74) is 3.04. The Hall–Kier alpha value is -4.16. The standard InChI is InChI=1S/C33H32ClN3O3/c1-2-3-18-35-32(39)29(20-23-10-5-4-6-11-23)36(21-24-12-7-15-26(34)19-24)30(38)22-37-28-17-9-14-25-13-8-16-27(31(25)28)33(37)40/h4-17,19,29H,2-3,18,20-22H2,1H3,(H,35,39)/t29-/m1/s1. The molecule has 1 atom stereocenters. The van der Waals surface area contributed by atoms with E-state index in [-0.39, 0.29) is 30.8 Å². The smallest absolute Gasteiger partial charge is 0.259 e. The Bertz CT molecular complexity index is 1530. The van der Waals surface area contributed by atoms with Crippen LogP contribution in [0.25, 0.3) is 10.8 Å². The normalized spacial score (nSPS) is 12.9. The number of nitrogens with one attached hydrogen (secondary N) is 1. The van der Waals surface area contributed by atoms with E-state index in [1.54, 1.807) is 23.1 Å². The van der Waals surface area contributed by atoms with Crippen molar-refractivity contribution in [3.05, 3.63) is 113 Å². The summed E-state index contributed by atoms with van der Waals surface area (Å²) in [6, 6.07) is 27.5. The molecule has 0 fully saturated rings. The first-order valence-corrected chi connectivity index (χ1v) is 14.0. The average molecular weight is 554 g/mol. The molecule has 6 nitrogen and oxygen atoms in total. The molecule has 4 aromatic carbocycles. The number of nitrogens with zero attached hydrogens (tertiary/aromatic N) is 2. The largest absolute Gasteiger partial charge is 0.354 e. The van der Waals surface area contributed by atoms with Gasteiger partial charge in [-0.3, -0.25) is 19.3 Å². The van der Waals surface area contributed by atoms with E-state index < -0.39 is 6.04 Å². The van der Waals surface area contributed by atoms with Crippen LogP contribution in [0.3, 0.4) is 0 Å². The predicted molar refractivity (Wildman–Crippen MR) is 159 cm³/mol. The maximum absolute atomic E-state index is 14.2. The van der Waals surface area contributed by atoms with Gasteiger partial charge >= 0.3 is 0 Å². The summed E-state index contributed by atoms with van der Waals surface area (Å²) >= 11 is 6.28. The molecule has 1 N–H and O–H groups in total. The summed E-state index contributed by atoms with van der Waals surface area (Å²) in [5.74, 6) is -0.745. The highest BCUT2D eigenvalue weighted by molar-refractivity contribution is 6.30. The van der Waals surface area contributed by atoms with Crippen molar-refractivity contribution in [1.29, 1.82) is 0 Å². The molecule has 1 aliphatic heterocycles. The lowest BCUT2D eigenvalue weighted by Crippen LogP contribution is -2.53. The molecule has 4 aromatic rings. The molecule has 7 heteroatoms. The van der Waals surface area contributed by atoms with Crippen LogP contribution in [0.4, 0.5) is 5.69 Å². The molecule has 0 spiro atoms. The SMILES string of the molecule is CCCCNC(=O)[C@@H](Cc1ccccc1)N(Cc1cccc(Cl)c1)C(=O)CN1C(=O)c2cccc3cccc1c23. The van der Waals surface area contributed by atoms with E-state index in [2.05, 4.69) is 12.2 Å². The van der Waals surface area contributed by atoms with Crippen molar-refractivity contribution in [1.82, 2.24) is 10.2 Å². The monoisotopic (exact) mass is 553 g/mol. The lowest BCUT2D eigenvalue weighted by Gasteiger charge is -2.33. The molecule has 40 heavy (non-hydrogen) atoms. The molecule has 5 rings (SSSR count). The lowest BCUT2D eigenvalue weighted by atomic mass is 10.0. The zero-order chi connectivity index (χ0) is 28.1. The summed E-state index contributed by atoms with van der Waals surface area (Å²) in [7, 11) is 0. The number of carbonyl (C=O) groups is 3. The fraction of sp³-hybridized carbons (Fsp3) is 0.242. The van der Waals surface area contributed by atoms with Gasteiger partial charge in [-0.15, -0.1) is 0 Å². The van der Waals surface area contributed by atoms with Gasteiger partial charge in [0.15, 0.2) is 0 Å². The molecule has 0 aliphatic carbocycles. The van der Waals surface area contributed by atoms with Crippen molar-refractivity contribution in [3.63, 3.8) is 0 Å². The van der Waals surface area contributed by atoms with Gasteiger partial charge in [-0.1, -0.05) is 91.7 Å². The van der Waals surface area contributed by atoms with E-state index in [1.165, 1.54) is 4.90 Å². The second kappa shape index (κ2) is 12.3. The van der Waals surface area contributed by atoms with Crippen LogP contribution in [0.15, 0.2) is 91.0 Å². The van der Waals surface area contributed by atoms with Crippen LogP contribution in [0, 0.1) is 0 Å². The second-order valence-corrected chi connectivity index (χ2v) is 10.5. The van der Waals surface area contributed by atoms with E-state index in [1.807, 2.05) is 72.8 Å². The molecule has 204 valence electrons. The molecule has 0 aromatic heterocycles. The quantitative estimate of drug-likeness (QED) is 0.231. The van der Waals surface area contributed by atoms with Gasteiger partial charge in [-0.25, -0.2) is 0 Å². The van der Waals surface area contributed by atoms with Crippen LogP contribution in [0.1, 0.15) is 41.3 Å². The highest BCUT2D eigenvalue weighted by atomic mass is 35.5. The Kier molecular flexibility index (Phi) is 8.46. The number of hydrogen-bond donors (Lipinski definition) is 1. The van der Waals surface area contributed by atoms with Crippen LogP contribution in [0.2, 0.25) is 5.02 Å². The van der Waals surface area contributed by atoms with Gasteiger partial charge in [0.25, 0.3) is 5.91 Å². The van der Waals surface area contributed by atoms with Crippen molar-refractivity contribution in [2.45, 2.75) is 38.8 Å². The Morgan fingerprint density at radius 2 is 1.65 bits per heavy atom. The number of unbranched alkanes of at least 4 members (excludes halogenated alkanes) is 1. The summed E-state index contributed by atoms with van der Waals surface area (Å²) in [4.78, 5) is 44.4. The van der Waals surface area contributed by atoms with E-state index >= 15 is 0 Å². The number of benzene rings is 4. The third kappa shape index (κ3) is 5.87. The molecule has 1 aliphatic rings. The molecule has 1 heterocycles. The molecule has 0 saturated heterocycles. The van der Waals surface area contributed by atoms with E-state index in [4.69, 9.17) is 11.6 Å². The molecule has 0 unspecified atom stereocenters. The zero-order valence-electron chi connectivity index (χ0n) is 22.5. The molecule has 0 saturated carbocycles. The third-order valence-corrected chi connectivity index (χ3v) is 7.52. The van der Waals surface area contributed by atoms with Crippen molar-refractivity contribution in [3.8, 4) is 0 Å². The van der Waals surface area contributed by atoms with Gasteiger partial charge in [0, 0.05) is 35.5 Å². The van der Waals surface area contributed by atoms with Crippen molar-refractivity contribution in [2.75, 3.05) is 18.0 Å². The summed E-state index contributed by atoms with van der Waals surface area (Å²) in [5, 5.41) is 5.38. The minimum Gasteiger partial charge on any atom is -0.354 e. The van der Waals surface area contributed by atoms with Crippen LogP contribution < -0.4 is 10.2 Å². The fourth-order valence-corrected chi connectivity index (χ4v) is 5.47. The average Bonchev–Trinajstić information content (AvgIpc) is 3.23. The fourth-order valence-electron chi connectivity index (χ4n) is 5.25. The topological polar surface area (TPSA) is 69.7 Å². The summed E-state index contributed by atoms with van der Waals surface area (Å²) < 4.78 is 0. The van der Waals surface area contributed by atoms with Gasteiger partial charge in [-0.2, -0.15) is 0 Å². The molecule has 0 bridgehead atoms. The number of rotatable bonds is 11. The van der Waals surface area contributed by atoms with Crippen LogP contribution in [-0.2, 0) is 22.6 Å². The van der Waals surface area contributed by atoms with E-state index in [9.17, 15) is 14.4 Å². The van der Waals surface area contributed by atoms with Crippen LogP contribution in [-0.4, -0.2) is 41.8 Å². The summed E-state index contributed by atoms with van der Waals surface area (Å²) in [6.45, 7) is 2.59. The van der Waals surface area contributed by atoms with Crippen molar-refractivity contribution in [2.24, 2.45) is 0 Å². The van der Waals surface area contributed by atoms with E-state index in [0.29, 0.717) is 29.2 Å². The van der Waals surface area contributed by atoms with Gasteiger partial charge in [0.2, 0.25) is 11.8 Å². The third-order valence-electron chi connectivity index (χ3n) is 7.29.